The van der Waals surface area contributed by atoms with E-state index >= 15 is 0 Å². The van der Waals surface area contributed by atoms with Gasteiger partial charge in [0.2, 0.25) is 0 Å². The van der Waals surface area contributed by atoms with Gasteiger partial charge in [-0.15, -0.1) is 0 Å². The van der Waals surface area contributed by atoms with Crippen LogP contribution in [-0.4, -0.2) is 16.7 Å². The zero-order valence-electron chi connectivity index (χ0n) is 3.13. The Morgan fingerprint density at radius 3 is 1.40 bits per heavy atom. The van der Waals surface area contributed by atoms with Crippen LogP contribution in [0.15, 0.2) is 0 Å². The summed E-state index contributed by atoms with van der Waals surface area (Å²) in [5.41, 5.74) is 0. The van der Waals surface area contributed by atoms with Crippen molar-refractivity contribution in [1.29, 1.82) is 0 Å². The van der Waals surface area contributed by atoms with Crippen LogP contribution < -0.4 is 0 Å². The zero-order chi connectivity index (χ0) is 3.58. The molecular weight excluding hydrogens is 267 g/mol. The fourth-order valence-corrected chi connectivity index (χ4v) is 0. The van der Waals surface area contributed by atoms with Gasteiger partial charge in [-0.1, -0.05) is 0 Å². The second kappa shape index (κ2) is 4.84. The van der Waals surface area contributed by atoms with Crippen molar-refractivity contribution in [2.24, 2.45) is 0 Å². The SMILES string of the molecule is CS(C)=O.[Pt]. The van der Waals surface area contributed by atoms with E-state index in [1.54, 1.807) is 12.5 Å². The van der Waals surface area contributed by atoms with Crippen molar-refractivity contribution in [2.45, 2.75) is 0 Å². The van der Waals surface area contributed by atoms with Crippen LogP contribution in [0.3, 0.4) is 0 Å². The topological polar surface area (TPSA) is 17.1 Å². The van der Waals surface area contributed by atoms with Crippen LogP contribution in [0.5, 0.6) is 0 Å². The first-order chi connectivity index (χ1) is 1.73. The monoisotopic (exact) mass is 273 g/mol. The molecule has 0 fully saturated rings. The predicted octanol–water partition coefficient (Wildman–Crippen LogP) is -0.00780. The molecule has 1 nitrogen and oxygen atoms in total. The van der Waals surface area contributed by atoms with Gasteiger partial charge >= 0.3 is 0 Å². The molecule has 0 aromatic rings. The van der Waals surface area contributed by atoms with Crippen LogP contribution in [0.4, 0.5) is 0 Å². The number of hydrogen-bond donors (Lipinski definition) is 0. The maximum Gasteiger partial charge on any atom is 0.0148 e. The van der Waals surface area contributed by atoms with Gasteiger partial charge in [-0.3, -0.25) is 4.21 Å². The smallest absolute Gasteiger partial charge is 0.0148 e. The number of hydrogen-bond acceptors (Lipinski definition) is 1. The Hall–Kier alpha value is 0.838. The molecule has 0 radical (unpaired) electrons. The first-order valence-corrected chi connectivity index (χ1v) is 2.95. The van der Waals surface area contributed by atoms with E-state index in [0.717, 1.165) is 0 Å². The van der Waals surface area contributed by atoms with E-state index in [9.17, 15) is 4.21 Å². The van der Waals surface area contributed by atoms with Gasteiger partial charge in [0.15, 0.2) is 0 Å². The van der Waals surface area contributed by atoms with E-state index in [0.29, 0.717) is 0 Å². The minimum Gasteiger partial charge on any atom is -0.260 e. The van der Waals surface area contributed by atoms with Crippen molar-refractivity contribution in [2.75, 3.05) is 12.5 Å². The standard InChI is InChI=1S/C2H6OS.Pt/c1-4(2)3;/h1-2H3;. The third-order valence-corrected chi connectivity index (χ3v) is 0. The Bertz CT molecular complexity index is 32.6. The van der Waals surface area contributed by atoms with Gasteiger partial charge in [-0.2, -0.15) is 0 Å². The summed E-state index contributed by atoms with van der Waals surface area (Å²) < 4.78 is 9.56. The molecule has 0 saturated carbocycles. The van der Waals surface area contributed by atoms with E-state index in [-0.39, 0.29) is 21.1 Å². The summed E-state index contributed by atoms with van der Waals surface area (Å²) >= 11 is 0. The maximum absolute atomic E-state index is 9.56. The van der Waals surface area contributed by atoms with Gasteiger partial charge in [-0.25, -0.2) is 0 Å². The minimum absolute atomic E-state index is 0. The van der Waals surface area contributed by atoms with Crippen molar-refractivity contribution in [3.63, 3.8) is 0 Å². The van der Waals surface area contributed by atoms with E-state index < -0.39 is 10.8 Å². The van der Waals surface area contributed by atoms with E-state index in [4.69, 9.17) is 0 Å². The molecule has 0 bridgehead atoms. The molecule has 0 N–H and O–H groups in total. The fourth-order valence-electron chi connectivity index (χ4n) is 0. The van der Waals surface area contributed by atoms with Gasteiger partial charge in [0.05, 0.1) is 0 Å². The molecule has 0 saturated heterocycles. The second-order valence-electron chi connectivity index (χ2n) is 0.742. The fraction of sp³-hybridized carbons (Fsp3) is 1.00. The quantitative estimate of drug-likeness (QED) is 0.607. The van der Waals surface area contributed by atoms with Crippen LogP contribution in [0.2, 0.25) is 0 Å². The first-order valence-electron chi connectivity index (χ1n) is 0.983. The molecule has 0 rings (SSSR count). The van der Waals surface area contributed by atoms with Crippen LogP contribution in [0, 0.1) is 0 Å². The van der Waals surface area contributed by atoms with Gasteiger partial charge < -0.3 is 0 Å². The molecule has 0 aliphatic heterocycles. The molecule has 0 aliphatic rings. The largest absolute Gasteiger partial charge is 0.260 e. The van der Waals surface area contributed by atoms with Crippen molar-refractivity contribution >= 4 is 10.8 Å². The normalized spacial score (nSPS) is 7.00. The molecule has 0 aliphatic carbocycles. The zero-order valence-corrected chi connectivity index (χ0v) is 6.22. The molecule has 0 aromatic carbocycles. The van der Waals surface area contributed by atoms with Crippen molar-refractivity contribution < 1.29 is 25.3 Å². The Morgan fingerprint density at radius 1 is 1.40 bits per heavy atom. The Balaban J connectivity index is 0. The summed E-state index contributed by atoms with van der Waals surface area (Å²) in [6.45, 7) is 0. The van der Waals surface area contributed by atoms with Crippen LogP contribution >= 0.6 is 0 Å². The molecule has 3 heteroatoms. The van der Waals surface area contributed by atoms with Crippen LogP contribution in [0.1, 0.15) is 0 Å². The second-order valence-corrected chi connectivity index (χ2v) is 2.22. The molecular formula is C2H6OPtS. The first kappa shape index (κ1) is 9.28. The van der Waals surface area contributed by atoms with Gasteiger partial charge in [0.25, 0.3) is 0 Å². The predicted molar refractivity (Wildman–Crippen MR) is 20.0 cm³/mol. The van der Waals surface area contributed by atoms with E-state index in [1.165, 1.54) is 0 Å². The van der Waals surface area contributed by atoms with E-state index in [2.05, 4.69) is 0 Å². The van der Waals surface area contributed by atoms with Crippen molar-refractivity contribution in [3.05, 3.63) is 0 Å². The third kappa shape index (κ3) is 55.5. The molecule has 0 spiro atoms. The van der Waals surface area contributed by atoms with Gasteiger partial charge in [0, 0.05) is 44.4 Å². The summed E-state index contributed by atoms with van der Waals surface area (Å²) in [6.07, 6.45) is 3.28. The molecule has 36 valence electrons. The summed E-state index contributed by atoms with van der Waals surface area (Å²) in [6, 6.07) is 0. The molecule has 0 atom stereocenters. The maximum atomic E-state index is 9.56. The van der Waals surface area contributed by atoms with Crippen LogP contribution in [-0.2, 0) is 31.9 Å². The van der Waals surface area contributed by atoms with E-state index in [1.807, 2.05) is 0 Å². The molecule has 0 amide bonds. The summed E-state index contributed by atoms with van der Waals surface area (Å²) in [7, 11) is -0.611. The van der Waals surface area contributed by atoms with Gasteiger partial charge in [0.1, 0.15) is 0 Å². The minimum atomic E-state index is -0.611. The van der Waals surface area contributed by atoms with Crippen molar-refractivity contribution in [3.8, 4) is 0 Å². The molecule has 0 aromatic heterocycles. The number of rotatable bonds is 0. The third-order valence-electron chi connectivity index (χ3n) is 0. The Morgan fingerprint density at radius 2 is 1.40 bits per heavy atom. The molecule has 0 unspecified atom stereocenters. The average molecular weight is 273 g/mol. The Labute approximate surface area is 48.9 Å². The van der Waals surface area contributed by atoms with Crippen molar-refractivity contribution in [1.82, 2.24) is 0 Å². The van der Waals surface area contributed by atoms with Crippen LogP contribution in [0.25, 0.3) is 0 Å². The summed E-state index contributed by atoms with van der Waals surface area (Å²) in [5.74, 6) is 0. The summed E-state index contributed by atoms with van der Waals surface area (Å²) in [5, 5.41) is 0. The molecule has 0 heterocycles. The summed E-state index contributed by atoms with van der Waals surface area (Å²) in [4.78, 5) is 0. The molecule has 5 heavy (non-hydrogen) atoms. The Kier molecular flexibility index (Phi) is 8.98. The average Bonchev–Trinajstić information content (AvgIpc) is 0.811. The van der Waals surface area contributed by atoms with Gasteiger partial charge in [-0.05, 0) is 0 Å².